The first-order valence-electron chi connectivity index (χ1n) is 16.6. The molecule has 0 saturated carbocycles. The first-order chi connectivity index (χ1) is 22.2. The predicted molar refractivity (Wildman–Crippen MR) is 206 cm³/mol. The average molecular weight is 876 g/mol. The van der Waals surface area contributed by atoms with Crippen LogP contribution in [0.2, 0.25) is 0 Å². The molecule has 0 aliphatic rings. The summed E-state index contributed by atoms with van der Waals surface area (Å²) < 4.78 is 5.14. The molecule has 0 amide bonds. The van der Waals surface area contributed by atoms with E-state index in [1.165, 1.54) is 47.5 Å². The van der Waals surface area contributed by atoms with E-state index in [0.29, 0.717) is 0 Å². The average Bonchev–Trinajstić information content (AvgIpc) is 3.79. The van der Waals surface area contributed by atoms with E-state index in [9.17, 15) is 9.90 Å². The minimum atomic E-state index is -0.337. The summed E-state index contributed by atoms with van der Waals surface area (Å²) in [6.07, 6.45) is 6.46. The zero-order valence-electron chi connectivity index (χ0n) is 29.8. The van der Waals surface area contributed by atoms with E-state index in [0.717, 1.165) is 47.2 Å². The van der Waals surface area contributed by atoms with Crippen LogP contribution >= 0.6 is 34.0 Å². The summed E-state index contributed by atoms with van der Waals surface area (Å²) in [5, 5.41) is 18.3. The van der Waals surface area contributed by atoms with Crippen LogP contribution in [0.3, 0.4) is 0 Å². The molecule has 0 fully saturated rings. The van der Waals surface area contributed by atoms with Crippen molar-refractivity contribution in [3.05, 3.63) is 70.4 Å². The Morgan fingerprint density at radius 1 is 0.854 bits per heavy atom. The van der Waals surface area contributed by atoms with Crippen molar-refractivity contribution in [2.75, 3.05) is 0 Å². The number of ketones is 1. The summed E-state index contributed by atoms with van der Waals surface area (Å²) in [4.78, 5) is 21.6. The number of fused-ring (bicyclic) bond motifs is 6. The van der Waals surface area contributed by atoms with Crippen molar-refractivity contribution in [2.45, 2.75) is 100 Å². The molecule has 4 heterocycles. The van der Waals surface area contributed by atoms with Crippen molar-refractivity contribution in [3.63, 3.8) is 0 Å². The third kappa shape index (κ3) is 7.07. The largest absolute Gasteiger partial charge is 0.512 e. The molecule has 257 valence electrons. The molecule has 6 aromatic rings. The Morgan fingerprint density at radius 2 is 1.50 bits per heavy atom. The number of benzene rings is 2. The SMILES string of the molecule is CCC(C)(CC)C(=O)/C=C(\O)C(C)(CC)CC.Cc1csc2c1ccc1c3ncnc(-c4[c-]c5ccsc5c(C(C)(C)C)c4)c3sc12.[Ir]. The first kappa shape index (κ1) is 38.3. The van der Waals surface area contributed by atoms with E-state index in [-0.39, 0.29) is 47.9 Å². The van der Waals surface area contributed by atoms with Crippen molar-refractivity contribution >= 4 is 80.3 Å². The Bertz CT molecular complexity index is 2100. The molecule has 0 bridgehead atoms. The fourth-order valence-electron chi connectivity index (χ4n) is 5.82. The molecule has 0 saturated heterocycles. The van der Waals surface area contributed by atoms with Gasteiger partial charge in [0.2, 0.25) is 0 Å². The molecule has 4 nitrogen and oxygen atoms in total. The van der Waals surface area contributed by atoms with E-state index in [4.69, 9.17) is 4.98 Å². The second-order valence-corrected chi connectivity index (χ2v) is 17.0. The minimum Gasteiger partial charge on any atom is -0.512 e. The molecule has 48 heavy (non-hydrogen) atoms. The van der Waals surface area contributed by atoms with Crippen LogP contribution in [0.1, 0.15) is 99.1 Å². The van der Waals surface area contributed by atoms with Crippen LogP contribution in [0.25, 0.3) is 51.7 Å². The number of hydrogen-bond donors (Lipinski definition) is 1. The fourth-order valence-corrected chi connectivity index (χ4v) is 9.36. The molecule has 0 unspecified atom stereocenters. The number of aliphatic hydroxyl groups is 1. The molecular weight excluding hydrogens is 829 g/mol. The van der Waals surface area contributed by atoms with Gasteiger partial charge in [0.05, 0.1) is 14.9 Å². The van der Waals surface area contributed by atoms with Gasteiger partial charge in [-0.05, 0) is 64.4 Å². The number of allylic oxidation sites excluding steroid dienone is 2. The van der Waals surface area contributed by atoms with Gasteiger partial charge in [0.25, 0.3) is 0 Å². The van der Waals surface area contributed by atoms with E-state index in [1.807, 2.05) is 64.2 Å². The molecular formula is C40H47IrN2O2S3-. The Balaban J connectivity index is 0.000000251. The maximum Gasteiger partial charge on any atom is 0.164 e. The van der Waals surface area contributed by atoms with Crippen molar-refractivity contribution in [3.8, 4) is 11.3 Å². The number of thiophene rings is 3. The maximum atomic E-state index is 12.2. The smallest absolute Gasteiger partial charge is 0.164 e. The van der Waals surface area contributed by atoms with Gasteiger partial charge in [0.15, 0.2) is 5.78 Å². The van der Waals surface area contributed by atoms with Crippen LogP contribution in [0, 0.1) is 23.8 Å². The molecule has 0 atom stereocenters. The standard InChI is InChI=1S/C25H19N2S3.C15H28O2.Ir/c1-13-11-29-22-16(13)5-6-17-20-24(30-23(17)22)19(26-12-27-20)15-9-14-7-8-28-21(14)18(10-15)25(2,3)4;1-7-14(5,8-2)12(16)11-13(17)15(6,9-3)10-4;/h5-8,10-12H,1-4H3;11,16H,7-10H2,1-6H3;/q-1;;/b;12-11-;. The Hall–Kier alpha value is -2.48. The van der Waals surface area contributed by atoms with Gasteiger partial charge < -0.3 is 5.11 Å². The van der Waals surface area contributed by atoms with Gasteiger partial charge in [-0.3, -0.25) is 9.78 Å². The number of carbonyl (C=O) groups is 1. The third-order valence-electron chi connectivity index (χ3n) is 10.3. The van der Waals surface area contributed by atoms with Gasteiger partial charge in [0, 0.05) is 52.8 Å². The van der Waals surface area contributed by atoms with E-state index in [2.05, 4.69) is 73.8 Å². The van der Waals surface area contributed by atoms with E-state index >= 15 is 0 Å². The van der Waals surface area contributed by atoms with Crippen molar-refractivity contribution < 1.29 is 30.0 Å². The Labute approximate surface area is 311 Å². The summed E-state index contributed by atoms with van der Waals surface area (Å²) in [6, 6.07) is 12.6. The topological polar surface area (TPSA) is 63.1 Å². The summed E-state index contributed by atoms with van der Waals surface area (Å²) in [7, 11) is 0. The van der Waals surface area contributed by atoms with Gasteiger partial charge >= 0.3 is 0 Å². The molecule has 1 N–H and O–H groups in total. The number of aromatic nitrogens is 2. The second kappa shape index (κ2) is 14.8. The number of nitrogens with zero attached hydrogens (tertiary/aromatic N) is 2. The van der Waals surface area contributed by atoms with Crippen LogP contribution < -0.4 is 0 Å². The van der Waals surface area contributed by atoms with E-state index in [1.54, 1.807) is 17.7 Å². The first-order valence-corrected chi connectivity index (χ1v) is 19.2. The van der Waals surface area contributed by atoms with Gasteiger partial charge in [0.1, 0.15) is 12.1 Å². The molecule has 6 rings (SSSR count). The van der Waals surface area contributed by atoms with Crippen molar-refractivity contribution in [1.82, 2.24) is 9.97 Å². The monoisotopic (exact) mass is 876 g/mol. The van der Waals surface area contributed by atoms with Gasteiger partial charge in [-0.2, -0.15) is 11.3 Å². The zero-order chi connectivity index (χ0) is 34.3. The predicted octanol–water partition coefficient (Wildman–Crippen LogP) is 13.0. The second-order valence-electron chi connectivity index (χ2n) is 14.2. The number of carbonyl (C=O) groups excluding carboxylic acids is 1. The zero-order valence-corrected chi connectivity index (χ0v) is 34.6. The normalized spacial score (nSPS) is 12.8. The third-order valence-corrected chi connectivity index (χ3v) is 13.7. The molecule has 1 radical (unpaired) electrons. The molecule has 0 aliphatic heterocycles. The molecule has 2 aromatic carbocycles. The maximum absolute atomic E-state index is 12.2. The number of rotatable bonds is 8. The van der Waals surface area contributed by atoms with Gasteiger partial charge in [-0.1, -0.05) is 85.6 Å². The van der Waals surface area contributed by atoms with Crippen molar-refractivity contribution in [2.24, 2.45) is 10.8 Å². The Morgan fingerprint density at radius 3 is 2.12 bits per heavy atom. The molecule has 0 spiro atoms. The van der Waals surface area contributed by atoms with Crippen LogP contribution in [-0.2, 0) is 30.3 Å². The summed E-state index contributed by atoms with van der Waals surface area (Å²) in [6.45, 7) is 21.1. The molecule has 4 aromatic heterocycles. The van der Waals surface area contributed by atoms with Crippen LogP contribution in [0.4, 0.5) is 0 Å². The minimum absolute atomic E-state index is 0. The molecule has 0 aliphatic carbocycles. The molecule has 8 heteroatoms. The summed E-state index contributed by atoms with van der Waals surface area (Å²) >= 11 is 5.44. The van der Waals surface area contributed by atoms with Crippen LogP contribution in [0.5, 0.6) is 0 Å². The quantitative estimate of drug-likeness (QED) is 0.0940. The van der Waals surface area contributed by atoms with Gasteiger partial charge in [-0.25, -0.2) is 4.98 Å². The Kier molecular flexibility index (Phi) is 11.8. The number of hydrogen-bond acceptors (Lipinski definition) is 7. The number of aliphatic hydroxyl groups excluding tert-OH is 1. The van der Waals surface area contributed by atoms with Crippen LogP contribution in [-0.4, -0.2) is 20.9 Å². The van der Waals surface area contributed by atoms with E-state index < -0.39 is 0 Å². The summed E-state index contributed by atoms with van der Waals surface area (Å²) in [5.74, 6) is 0.286. The van der Waals surface area contributed by atoms with Crippen LogP contribution in [0.15, 0.2) is 53.2 Å². The van der Waals surface area contributed by atoms with Gasteiger partial charge in [-0.15, -0.1) is 46.3 Å². The van der Waals surface area contributed by atoms with Crippen molar-refractivity contribution in [1.29, 1.82) is 0 Å². The number of aryl methyl sites for hydroxylation is 1. The summed E-state index contributed by atoms with van der Waals surface area (Å²) in [5.41, 5.74) is 5.24. The fraction of sp³-hybridized carbons (Fsp3) is 0.425.